The standard InChI is InChI=1S/C24H21Cl3N4O5/c1-36-19-13-12-17(31(34)35)14-18(19)28-23(33)30-22(24(25,26)27)29-21(32)20(15-8-4-2-5-9-15)16-10-6-3-7-11-16/h2-14,20,22H,1H3,(H,29,32)(H2,28,30,33). The molecule has 1 atom stereocenters. The number of anilines is 1. The van der Waals surface area contributed by atoms with Gasteiger partial charge in [-0.25, -0.2) is 4.79 Å². The van der Waals surface area contributed by atoms with Crippen LogP contribution in [0, 0.1) is 10.1 Å². The van der Waals surface area contributed by atoms with Crippen molar-refractivity contribution in [3.63, 3.8) is 0 Å². The van der Waals surface area contributed by atoms with Gasteiger partial charge in [0.2, 0.25) is 9.70 Å². The molecule has 3 amide bonds. The Morgan fingerprint density at radius 3 is 1.94 bits per heavy atom. The summed E-state index contributed by atoms with van der Waals surface area (Å²) in [6.45, 7) is 0. The van der Waals surface area contributed by atoms with Crippen LogP contribution in [0.15, 0.2) is 78.9 Å². The average molecular weight is 552 g/mol. The molecule has 1 unspecified atom stereocenters. The highest BCUT2D eigenvalue weighted by atomic mass is 35.6. The number of hydrogen-bond acceptors (Lipinski definition) is 5. The Hall–Kier alpha value is -3.53. The van der Waals surface area contributed by atoms with Gasteiger partial charge in [0.25, 0.3) is 5.69 Å². The van der Waals surface area contributed by atoms with E-state index in [1.807, 2.05) is 12.1 Å². The van der Waals surface area contributed by atoms with Gasteiger partial charge in [-0.2, -0.15) is 0 Å². The molecule has 9 nitrogen and oxygen atoms in total. The fourth-order valence-electron chi connectivity index (χ4n) is 3.41. The van der Waals surface area contributed by atoms with Gasteiger partial charge in [-0.1, -0.05) is 95.5 Å². The zero-order valence-electron chi connectivity index (χ0n) is 18.8. The Morgan fingerprint density at radius 1 is 0.917 bits per heavy atom. The van der Waals surface area contributed by atoms with Gasteiger partial charge in [-0.15, -0.1) is 0 Å². The molecule has 0 aliphatic heterocycles. The number of alkyl halides is 3. The predicted octanol–water partition coefficient (Wildman–Crippen LogP) is 5.37. The molecule has 0 aliphatic carbocycles. The van der Waals surface area contributed by atoms with E-state index in [-0.39, 0.29) is 17.1 Å². The van der Waals surface area contributed by atoms with Gasteiger partial charge in [-0.3, -0.25) is 14.9 Å². The van der Waals surface area contributed by atoms with E-state index in [1.165, 1.54) is 19.2 Å². The molecule has 36 heavy (non-hydrogen) atoms. The molecule has 3 rings (SSSR count). The summed E-state index contributed by atoms with van der Waals surface area (Å²) in [4.78, 5) is 36.6. The zero-order chi connectivity index (χ0) is 26.3. The highest BCUT2D eigenvalue weighted by molar-refractivity contribution is 6.68. The summed E-state index contributed by atoms with van der Waals surface area (Å²) in [6.07, 6.45) is -1.46. The van der Waals surface area contributed by atoms with Crippen LogP contribution in [0.5, 0.6) is 5.75 Å². The molecule has 0 bridgehead atoms. The highest BCUT2D eigenvalue weighted by Crippen LogP contribution is 2.32. The van der Waals surface area contributed by atoms with Crippen molar-refractivity contribution < 1.29 is 19.2 Å². The number of nitrogens with zero attached hydrogens (tertiary/aromatic N) is 1. The Balaban J connectivity index is 1.83. The Bertz CT molecular complexity index is 1180. The van der Waals surface area contributed by atoms with E-state index in [0.717, 1.165) is 6.07 Å². The summed E-state index contributed by atoms with van der Waals surface area (Å²) in [5.41, 5.74) is 1.11. The normalized spacial score (nSPS) is 11.9. The minimum atomic E-state index is -2.14. The number of rotatable bonds is 8. The van der Waals surface area contributed by atoms with Crippen molar-refractivity contribution in [3.8, 4) is 5.75 Å². The largest absolute Gasteiger partial charge is 0.495 e. The summed E-state index contributed by atoms with van der Waals surface area (Å²) in [6, 6.07) is 20.7. The van der Waals surface area contributed by atoms with Gasteiger partial charge in [-0.05, 0) is 17.2 Å². The third-order valence-electron chi connectivity index (χ3n) is 5.06. The summed E-state index contributed by atoms with van der Waals surface area (Å²) >= 11 is 18.2. The summed E-state index contributed by atoms with van der Waals surface area (Å²) in [7, 11) is 1.34. The number of nitrogens with one attached hydrogen (secondary N) is 3. The lowest BCUT2D eigenvalue weighted by atomic mass is 9.90. The minimum Gasteiger partial charge on any atom is -0.495 e. The molecule has 0 aliphatic rings. The van der Waals surface area contributed by atoms with Gasteiger partial charge in [0.1, 0.15) is 5.75 Å². The second-order valence-corrected chi connectivity index (χ2v) is 9.85. The third-order valence-corrected chi connectivity index (χ3v) is 5.71. The van der Waals surface area contributed by atoms with Gasteiger partial charge in [0.15, 0.2) is 6.17 Å². The van der Waals surface area contributed by atoms with Crippen LogP contribution in [0.25, 0.3) is 0 Å². The van der Waals surface area contributed by atoms with Crippen molar-refractivity contribution in [1.82, 2.24) is 10.6 Å². The number of ether oxygens (including phenoxy) is 1. The van der Waals surface area contributed by atoms with Crippen molar-refractivity contribution in [2.24, 2.45) is 0 Å². The van der Waals surface area contributed by atoms with Crippen molar-refractivity contribution in [3.05, 3.63) is 100 Å². The van der Waals surface area contributed by atoms with Gasteiger partial charge in [0.05, 0.1) is 23.6 Å². The van der Waals surface area contributed by atoms with Crippen LogP contribution < -0.4 is 20.7 Å². The lowest BCUT2D eigenvalue weighted by Crippen LogP contribution is -2.57. The monoisotopic (exact) mass is 550 g/mol. The lowest BCUT2D eigenvalue weighted by molar-refractivity contribution is -0.384. The first-order valence-electron chi connectivity index (χ1n) is 10.5. The third kappa shape index (κ3) is 7.00. The molecule has 12 heteroatoms. The number of non-ortho nitro benzene ring substituents is 1. The average Bonchev–Trinajstić information content (AvgIpc) is 2.84. The van der Waals surface area contributed by atoms with E-state index in [2.05, 4.69) is 16.0 Å². The smallest absolute Gasteiger partial charge is 0.321 e. The summed E-state index contributed by atoms with van der Waals surface area (Å²) in [5, 5.41) is 18.5. The molecule has 0 aromatic heterocycles. The van der Waals surface area contributed by atoms with Crippen LogP contribution >= 0.6 is 34.8 Å². The number of hydrogen-bond donors (Lipinski definition) is 3. The fourth-order valence-corrected chi connectivity index (χ4v) is 3.74. The number of amides is 3. The Morgan fingerprint density at radius 2 is 1.47 bits per heavy atom. The maximum absolute atomic E-state index is 13.4. The minimum absolute atomic E-state index is 0.00467. The number of nitro groups is 1. The molecule has 0 fully saturated rings. The summed E-state index contributed by atoms with van der Waals surface area (Å²) in [5.74, 6) is -1.13. The quantitative estimate of drug-likeness (QED) is 0.150. The first kappa shape index (κ1) is 27.1. The predicted molar refractivity (Wildman–Crippen MR) is 139 cm³/mol. The van der Waals surface area contributed by atoms with E-state index < -0.39 is 32.7 Å². The van der Waals surface area contributed by atoms with Crippen molar-refractivity contribution in [2.75, 3.05) is 12.4 Å². The Labute approximate surface area is 221 Å². The molecule has 3 N–H and O–H groups in total. The lowest BCUT2D eigenvalue weighted by Gasteiger charge is -2.29. The van der Waals surface area contributed by atoms with E-state index in [1.54, 1.807) is 48.5 Å². The van der Waals surface area contributed by atoms with Crippen molar-refractivity contribution in [1.29, 1.82) is 0 Å². The molecule has 188 valence electrons. The second kappa shape index (κ2) is 11.9. The molecule has 3 aromatic carbocycles. The van der Waals surface area contributed by atoms with Crippen LogP contribution in [0.3, 0.4) is 0 Å². The number of carbonyl (C=O) groups excluding carboxylic acids is 2. The van der Waals surface area contributed by atoms with Gasteiger partial charge in [0, 0.05) is 12.1 Å². The molecular weight excluding hydrogens is 531 g/mol. The van der Waals surface area contributed by atoms with E-state index in [9.17, 15) is 19.7 Å². The van der Waals surface area contributed by atoms with Crippen molar-refractivity contribution in [2.45, 2.75) is 15.9 Å². The van der Waals surface area contributed by atoms with Crippen LogP contribution in [-0.4, -0.2) is 33.9 Å². The van der Waals surface area contributed by atoms with Crippen LogP contribution in [-0.2, 0) is 4.79 Å². The summed E-state index contributed by atoms with van der Waals surface area (Å²) < 4.78 is 2.99. The zero-order valence-corrected chi connectivity index (χ0v) is 21.1. The highest BCUT2D eigenvalue weighted by Gasteiger charge is 2.37. The molecule has 0 saturated carbocycles. The first-order chi connectivity index (χ1) is 17.1. The SMILES string of the molecule is COc1ccc([N+](=O)[O-])cc1NC(=O)NC(NC(=O)C(c1ccccc1)c1ccccc1)C(Cl)(Cl)Cl. The van der Waals surface area contributed by atoms with Gasteiger partial charge < -0.3 is 20.7 Å². The molecule has 0 radical (unpaired) electrons. The molecule has 0 spiro atoms. The van der Waals surface area contributed by atoms with Crippen molar-refractivity contribution >= 4 is 58.1 Å². The number of benzene rings is 3. The number of urea groups is 1. The maximum atomic E-state index is 13.4. The van der Waals surface area contributed by atoms with E-state index in [0.29, 0.717) is 11.1 Å². The number of methoxy groups -OCH3 is 1. The first-order valence-corrected chi connectivity index (χ1v) is 11.6. The maximum Gasteiger partial charge on any atom is 0.321 e. The number of carbonyl (C=O) groups is 2. The van der Waals surface area contributed by atoms with Crippen LogP contribution in [0.2, 0.25) is 0 Å². The van der Waals surface area contributed by atoms with E-state index in [4.69, 9.17) is 39.5 Å². The van der Waals surface area contributed by atoms with Crippen LogP contribution in [0.4, 0.5) is 16.2 Å². The molecule has 0 saturated heterocycles. The molecule has 3 aromatic rings. The van der Waals surface area contributed by atoms with Crippen LogP contribution in [0.1, 0.15) is 17.0 Å². The number of halogens is 3. The molecular formula is C24H21Cl3N4O5. The Kier molecular flexibility index (Phi) is 8.98. The molecule has 0 heterocycles. The topological polar surface area (TPSA) is 123 Å². The van der Waals surface area contributed by atoms with Gasteiger partial charge >= 0.3 is 6.03 Å². The number of nitro benzene ring substituents is 1. The second-order valence-electron chi connectivity index (χ2n) is 7.48. The van der Waals surface area contributed by atoms with E-state index >= 15 is 0 Å². The fraction of sp³-hybridized carbons (Fsp3) is 0.167.